The molecular weight excluding hydrogens is 168 g/mol. The lowest BCUT2D eigenvalue weighted by Gasteiger charge is -2.34. The molecule has 0 aromatic carbocycles. The summed E-state index contributed by atoms with van der Waals surface area (Å²) in [6.07, 6.45) is 5.21. The SMILES string of the molecule is NC1=NC2(CCC3CCC2O3)CO1. The quantitative estimate of drug-likeness (QED) is 0.590. The molecule has 4 heteroatoms. The Labute approximate surface area is 77.1 Å². The summed E-state index contributed by atoms with van der Waals surface area (Å²) >= 11 is 0. The van der Waals surface area contributed by atoms with Gasteiger partial charge in [-0.1, -0.05) is 0 Å². The van der Waals surface area contributed by atoms with Gasteiger partial charge in [-0.2, -0.15) is 0 Å². The van der Waals surface area contributed by atoms with E-state index in [4.69, 9.17) is 15.2 Å². The highest BCUT2D eigenvalue weighted by Crippen LogP contribution is 2.43. The van der Waals surface area contributed by atoms with Gasteiger partial charge in [-0.05, 0) is 25.7 Å². The largest absolute Gasteiger partial charge is 0.463 e. The van der Waals surface area contributed by atoms with Crippen molar-refractivity contribution in [1.82, 2.24) is 0 Å². The van der Waals surface area contributed by atoms with Gasteiger partial charge in [-0.15, -0.1) is 0 Å². The number of aliphatic imine (C=N–C) groups is 1. The van der Waals surface area contributed by atoms with Crippen molar-refractivity contribution >= 4 is 6.02 Å². The predicted octanol–water partition coefficient (Wildman–Crippen LogP) is 0.411. The van der Waals surface area contributed by atoms with E-state index in [-0.39, 0.29) is 11.6 Å². The molecule has 3 aliphatic heterocycles. The second kappa shape index (κ2) is 2.38. The zero-order chi connectivity index (χ0) is 8.89. The van der Waals surface area contributed by atoms with Crippen LogP contribution in [0.4, 0.5) is 0 Å². The summed E-state index contributed by atoms with van der Waals surface area (Å²) in [6.45, 7) is 0.621. The fourth-order valence-corrected chi connectivity index (χ4v) is 2.66. The average molecular weight is 182 g/mol. The number of rotatable bonds is 0. The number of nitrogens with two attached hydrogens (primary N) is 1. The highest BCUT2D eigenvalue weighted by atomic mass is 16.5. The summed E-state index contributed by atoms with van der Waals surface area (Å²) in [6, 6.07) is 0.342. The lowest BCUT2D eigenvalue weighted by molar-refractivity contribution is -0.0505. The Kier molecular flexibility index (Phi) is 1.39. The third-order valence-electron chi connectivity index (χ3n) is 3.41. The van der Waals surface area contributed by atoms with E-state index in [2.05, 4.69) is 4.99 Å². The van der Waals surface area contributed by atoms with Gasteiger partial charge in [-0.3, -0.25) is 0 Å². The molecule has 0 aliphatic carbocycles. The zero-order valence-electron chi connectivity index (χ0n) is 7.53. The maximum absolute atomic E-state index is 5.84. The maximum Gasteiger partial charge on any atom is 0.282 e. The van der Waals surface area contributed by atoms with Crippen LogP contribution in [-0.4, -0.2) is 30.4 Å². The summed E-state index contributed by atoms with van der Waals surface area (Å²) in [5.74, 6) is 0. The number of hydrogen-bond acceptors (Lipinski definition) is 4. The van der Waals surface area contributed by atoms with E-state index in [0.717, 1.165) is 19.3 Å². The Bertz CT molecular complexity index is 266. The normalized spacial score (nSPS) is 47.8. The van der Waals surface area contributed by atoms with E-state index in [0.29, 0.717) is 18.7 Å². The smallest absolute Gasteiger partial charge is 0.282 e. The van der Waals surface area contributed by atoms with Gasteiger partial charge in [0.05, 0.1) is 12.2 Å². The van der Waals surface area contributed by atoms with Crippen LogP contribution in [-0.2, 0) is 9.47 Å². The van der Waals surface area contributed by atoms with E-state index >= 15 is 0 Å². The third-order valence-corrected chi connectivity index (χ3v) is 3.41. The van der Waals surface area contributed by atoms with E-state index < -0.39 is 0 Å². The molecule has 0 saturated carbocycles. The Hall–Kier alpha value is -0.770. The van der Waals surface area contributed by atoms with Crippen LogP contribution in [0.15, 0.2) is 4.99 Å². The Morgan fingerprint density at radius 1 is 1.38 bits per heavy atom. The maximum atomic E-state index is 5.84. The van der Waals surface area contributed by atoms with Crippen LogP contribution < -0.4 is 5.73 Å². The minimum Gasteiger partial charge on any atom is -0.463 e. The van der Waals surface area contributed by atoms with Crippen molar-refractivity contribution in [2.45, 2.75) is 43.4 Å². The van der Waals surface area contributed by atoms with Crippen molar-refractivity contribution in [1.29, 1.82) is 0 Å². The van der Waals surface area contributed by atoms with E-state index in [9.17, 15) is 0 Å². The molecule has 2 N–H and O–H groups in total. The Morgan fingerprint density at radius 3 is 3.08 bits per heavy atom. The number of amidine groups is 1. The molecule has 2 fully saturated rings. The van der Waals surface area contributed by atoms with Crippen molar-refractivity contribution in [3.63, 3.8) is 0 Å². The molecule has 0 radical (unpaired) electrons. The zero-order valence-corrected chi connectivity index (χ0v) is 7.53. The van der Waals surface area contributed by atoms with Crippen molar-refractivity contribution < 1.29 is 9.47 Å². The first-order valence-corrected chi connectivity index (χ1v) is 4.92. The molecule has 13 heavy (non-hydrogen) atoms. The van der Waals surface area contributed by atoms with Crippen LogP contribution in [0.25, 0.3) is 0 Å². The van der Waals surface area contributed by atoms with Crippen LogP contribution in [0.1, 0.15) is 25.7 Å². The summed E-state index contributed by atoms with van der Waals surface area (Å²) < 4.78 is 11.1. The summed E-state index contributed by atoms with van der Waals surface area (Å²) in [5.41, 5.74) is 5.42. The molecule has 3 aliphatic rings. The number of hydrogen-bond donors (Lipinski definition) is 1. The van der Waals surface area contributed by atoms with E-state index in [1.807, 2.05) is 0 Å². The molecule has 2 saturated heterocycles. The van der Waals surface area contributed by atoms with Crippen LogP contribution in [0.3, 0.4) is 0 Å². The van der Waals surface area contributed by atoms with Gasteiger partial charge in [-0.25, -0.2) is 4.99 Å². The van der Waals surface area contributed by atoms with Gasteiger partial charge in [0.25, 0.3) is 6.02 Å². The van der Waals surface area contributed by atoms with Crippen LogP contribution >= 0.6 is 0 Å². The first-order valence-electron chi connectivity index (χ1n) is 4.92. The fourth-order valence-electron chi connectivity index (χ4n) is 2.66. The minimum absolute atomic E-state index is 0.128. The summed E-state index contributed by atoms with van der Waals surface area (Å²) in [7, 11) is 0. The molecule has 4 nitrogen and oxygen atoms in total. The molecule has 72 valence electrons. The molecule has 0 amide bonds. The molecule has 3 unspecified atom stereocenters. The van der Waals surface area contributed by atoms with Crippen molar-refractivity contribution in [3.05, 3.63) is 0 Å². The monoisotopic (exact) mass is 182 g/mol. The van der Waals surface area contributed by atoms with Gasteiger partial charge < -0.3 is 15.2 Å². The van der Waals surface area contributed by atoms with Gasteiger partial charge in [0.1, 0.15) is 12.1 Å². The predicted molar refractivity (Wildman–Crippen MR) is 47.4 cm³/mol. The van der Waals surface area contributed by atoms with Crippen molar-refractivity contribution in [3.8, 4) is 0 Å². The van der Waals surface area contributed by atoms with Crippen molar-refractivity contribution in [2.24, 2.45) is 10.7 Å². The molecule has 3 atom stereocenters. The second-order valence-corrected chi connectivity index (χ2v) is 4.21. The summed E-state index contributed by atoms with van der Waals surface area (Å²) in [5, 5.41) is 0. The second-order valence-electron chi connectivity index (χ2n) is 4.21. The summed E-state index contributed by atoms with van der Waals surface area (Å²) in [4.78, 5) is 4.41. The average Bonchev–Trinajstić information content (AvgIpc) is 2.66. The van der Waals surface area contributed by atoms with Gasteiger partial charge in [0.2, 0.25) is 0 Å². The molecule has 1 spiro atoms. The standard InChI is InChI=1S/C9H14N2O2/c10-8-11-9(5-12-8)4-3-6-1-2-7(9)13-6/h6-7H,1-5H2,(H2,10,11). The Morgan fingerprint density at radius 2 is 2.31 bits per heavy atom. The minimum atomic E-state index is -0.128. The lowest BCUT2D eigenvalue weighted by atomic mass is 9.88. The first-order chi connectivity index (χ1) is 6.28. The number of nitrogens with zero attached hydrogens (tertiary/aromatic N) is 1. The Balaban J connectivity index is 1.90. The van der Waals surface area contributed by atoms with Crippen LogP contribution in [0.2, 0.25) is 0 Å². The topological polar surface area (TPSA) is 56.8 Å². The lowest BCUT2D eigenvalue weighted by Crippen LogP contribution is -2.45. The molecule has 3 heterocycles. The molecule has 0 aromatic rings. The first kappa shape index (κ1) is 7.62. The fraction of sp³-hybridized carbons (Fsp3) is 0.889. The van der Waals surface area contributed by atoms with E-state index in [1.54, 1.807) is 0 Å². The molecule has 2 bridgehead atoms. The van der Waals surface area contributed by atoms with E-state index in [1.165, 1.54) is 6.42 Å². The highest BCUT2D eigenvalue weighted by molar-refractivity contribution is 5.73. The van der Waals surface area contributed by atoms with Crippen LogP contribution in [0.5, 0.6) is 0 Å². The molecule has 0 aromatic heterocycles. The van der Waals surface area contributed by atoms with Crippen LogP contribution in [0, 0.1) is 0 Å². The van der Waals surface area contributed by atoms with Gasteiger partial charge in [0, 0.05) is 0 Å². The number of fused-ring (bicyclic) bond motifs is 3. The molecular formula is C9H14N2O2. The van der Waals surface area contributed by atoms with Crippen molar-refractivity contribution in [2.75, 3.05) is 6.61 Å². The number of ether oxygens (including phenoxy) is 2. The van der Waals surface area contributed by atoms with Gasteiger partial charge >= 0.3 is 0 Å². The van der Waals surface area contributed by atoms with Gasteiger partial charge in [0.15, 0.2) is 0 Å². The molecule has 3 rings (SSSR count). The highest BCUT2D eigenvalue weighted by Gasteiger charge is 2.51. The third kappa shape index (κ3) is 0.981.